The van der Waals surface area contributed by atoms with Gasteiger partial charge >= 0.3 is 6.03 Å². The molecule has 0 radical (unpaired) electrons. The van der Waals surface area contributed by atoms with Crippen LogP contribution in [0.25, 0.3) is 0 Å². The SMILES string of the molecule is CCCNC(=O)NC(=O)CN(CCc1ccccc1)Cc1ccc(C)s1. The molecular formula is C20H27N3O2S. The van der Waals surface area contributed by atoms with Crippen molar-refractivity contribution in [2.45, 2.75) is 33.2 Å². The molecule has 2 rings (SSSR count). The van der Waals surface area contributed by atoms with E-state index in [9.17, 15) is 9.59 Å². The molecule has 6 heteroatoms. The summed E-state index contributed by atoms with van der Waals surface area (Å²) in [6.45, 7) is 6.26. The summed E-state index contributed by atoms with van der Waals surface area (Å²) >= 11 is 1.74. The first-order valence-corrected chi connectivity index (χ1v) is 9.77. The maximum absolute atomic E-state index is 12.2. The summed E-state index contributed by atoms with van der Waals surface area (Å²) in [6, 6.07) is 14.0. The van der Waals surface area contributed by atoms with Gasteiger partial charge in [0, 0.05) is 29.4 Å². The standard InChI is InChI=1S/C20H27N3O2S/c1-3-12-21-20(25)22-19(24)15-23(14-18-10-9-16(2)26-18)13-11-17-7-5-4-6-8-17/h4-10H,3,11-15H2,1-2H3,(H2,21,22,24,25). The third kappa shape index (κ3) is 7.37. The van der Waals surface area contributed by atoms with E-state index in [4.69, 9.17) is 0 Å². The summed E-state index contributed by atoms with van der Waals surface area (Å²) in [5.74, 6) is -0.278. The van der Waals surface area contributed by atoms with E-state index in [1.807, 2.05) is 25.1 Å². The second-order valence-corrected chi connectivity index (χ2v) is 7.64. The molecule has 0 spiro atoms. The number of hydrogen-bond donors (Lipinski definition) is 2. The maximum Gasteiger partial charge on any atom is 0.321 e. The van der Waals surface area contributed by atoms with Crippen molar-refractivity contribution in [3.05, 3.63) is 57.8 Å². The van der Waals surface area contributed by atoms with Crippen LogP contribution in [0.4, 0.5) is 4.79 Å². The Kier molecular flexibility index (Phi) is 8.31. The highest BCUT2D eigenvalue weighted by Crippen LogP contribution is 2.17. The highest BCUT2D eigenvalue weighted by atomic mass is 32.1. The molecule has 1 aromatic heterocycles. The Morgan fingerprint density at radius 3 is 2.54 bits per heavy atom. The number of carbonyl (C=O) groups is 2. The van der Waals surface area contributed by atoms with Gasteiger partial charge in [-0.05, 0) is 37.5 Å². The van der Waals surface area contributed by atoms with E-state index in [1.165, 1.54) is 15.3 Å². The van der Waals surface area contributed by atoms with Gasteiger partial charge in [0.1, 0.15) is 0 Å². The van der Waals surface area contributed by atoms with Crippen LogP contribution in [0, 0.1) is 6.92 Å². The van der Waals surface area contributed by atoms with Crippen LogP contribution in [0.1, 0.15) is 28.7 Å². The molecule has 0 fully saturated rings. The van der Waals surface area contributed by atoms with Crippen molar-refractivity contribution in [1.29, 1.82) is 0 Å². The van der Waals surface area contributed by atoms with Crippen LogP contribution < -0.4 is 10.6 Å². The minimum Gasteiger partial charge on any atom is -0.338 e. The Balaban J connectivity index is 1.93. The molecule has 5 nitrogen and oxygen atoms in total. The Morgan fingerprint density at radius 2 is 1.88 bits per heavy atom. The number of aryl methyl sites for hydroxylation is 1. The number of amides is 3. The van der Waals surface area contributed by atoms with Crippen LogP contribution in [0.3, 0.4) is 0 Å². The predicted molar refractivity (Wildman–Crippen MR) is 106 cm³/mol. The molecular weight excluding hydrogens is 346 g/mol. The smallest absolute Gasteiger partial charge is 0.321 e. The average molecular weight is 374 g/mol. The Bertz CT molecular complexity index is 700. The van der Waals surface area contributed by atoms with Crippen LogP contribution in [-0.4, -0.2) is 36.5 Å². The second kappa shape index (κ2) is 10.7. The minimum atomic E-state index is -0.424. The lowest BCUT2D eigenvalue weighted by molar-refractivity contribution is -0.121. The zero-order valence-corrected chi connectivity index (χ0v) is 16.3. The first-order valence-electron chi connectivity index (χ1n) is 8.96. The fourth-order valence-electron chi connectivity index (χ4n) is 2.59. The van der Waals surface area contributed by atoms with Gasteiger partial charge in [0.25, 0.3) is 0 Å². The first kappa shape index (κ1) is 20.1. The van der Waals surface area contributed by atoms with Gasteiger partial charge in [0.05, 0.1) is 6.54 Å². The molecule has 0 atom stereocenters. The van der Waals surface area contributed by atoms with Gasteiger partial charge in [-0.15, -0.1) is 11.3 Å². The van der Waals surface area contributed by atoms with Crippen molar-refractivity contribution in [3.8, 4) is 0 Å². The van der Waals surface area contributed by atoms with Gasteiger partial charge in [-0.2, -0.15) is 0 Å². The number of carbonyl (C=O) groups excluding carboxylic acids is 2. The number of urea groups is 1. The predicted octanol–water partition coefficient (Wildman–Crippen LogP) is 3.34. The van der Waals surface area contributed by atoms with Gasteiger partial charge in [-0.25, -0.2) is 4.79 Å². The zero-order valence-electron chi connectivity index (χ0n) is 15.5. The van der Waals surface area contributed by atoms with Gasteiger partial charge in [-0.3, -0.25) is 15.0 Å². The number of nitrogens with one attached hydrogen (secondary N) is 2. The van der Waals surface area contributed by atoms with Crippen molar-refractivity contribution in [2.24, 2.45) is 0 Å². The number of rotatable bonds is 9. The highest BCUT2D eigenvalue weighted by Gasteiger charge is 2.14. The number of imide groups is 1. The molecule has 2 aromatic rings. The van der Waals surface area contributed by atoms with Crippen LogP contribution in [0.5, 0.6) is 0 Å². The normalized spacial score (nSPS) is 10.7. The van der Waals surface area contributed by atoms with E-state index in [-0.39, 0.29) is 12.5 Å². The van der Waals surface area contributed by atoms with Crippen LogP contribution in [-0.2, 0) is 17.8 Å². The lowest BCUT2D eigenvalue weighted by Gasteiger charge is -2.21. The topological polar surface area (TPSA) is 61.4 Å². The summed E-state index contributed by atoms with van der Waals surface area (Å²) < 4.78 is 0. The second-order valence-electron chi connectivity index (χ2n) is 6.26. The molecule has 0 aliphatic rings. The maximum atomic E-state index is 12.2. The van der Waals surface area contributed by atoms with E-state index < -0.39 is 6.03 Å². The number of thiophene rings is 1. The molecule has 0 aliphatic heterocycles. The molecule has 26 heavy (non-hydrogen) atoms. The Hall–Kier alpha value is -2.18. The first-order chi connectivity index (χ1) is 12.6. The molecule has 140 valence electrons. The van der Waals surface area contributed by atoms with Crippen molar-refractivity contribution >= 4 is 23.3 Å². The van der Waals surface area contributed by atoms with E-state index in [0.717, 1.165) is 19.4 Å². The van der Waals surface area contributed by atoms with Crippen molar-refractivity contribution in [1.82, 2.24) is 15.5 Å². The van der Waals surface area contributed by atoms with Crippen molar-refractivity contribution < 1.29 is 9.59 Å². The molecule has 0 unspecified atom stereocenters. The van der Waals surface area contributed by atoms with Crippen LogP contribution in [0.15, 0.2) is 42.5 Å². The summed E-state index contributed by atoms with van der Waals surface area (Å²) in [7, 11) is 0. The van der Waals surface area contributed by atoms with Gasteiger partial charge in [-0.1, -0.05) is 37.3 Å². The van der Waals surface area contributed by atoms with E-state index >= 15 is 0 Å². The van der Waals surface area contributed by atoms with Crippen molar-refractivity contribution in [3.63, 3.8) is 0 Å². The number of benzene rings is 1. The lowest BCUT2D eigenvalue weighted by atomic mass is 10.1. The quantitative estimate of drug-likeness (QED) is 0.709. The molecule has 1 aromatic carbocycles. The van der Waals surface area contributed by atoms with Gasteiger partial charge in [0.15, 0.2) is 0 Å². The molecule has 0 bridgehead atoms. The largest absolute Gasteiger partial charge is 0.338 e. The number of nitrogens with zero attached hydrogens (tertiary/aromatic N) is 1. The van der Waals surface area contributed by atoms with Crippen LogP contribution in [0.2, 0.25) is 0 Å². The van der Waals surface area contributed by atoms with Gasteiger partial charge in [0.2, 0.25) is 5.91 Å². The third-order valence-electron chi connectivity index (χ3n) is 3.89. The molecule has 2 N–H and O–H groups in total. The molecule has 1 heterocycles. The molecule has 0 saturated carbocycles. The molecule has 3 amide bonds. The van der Waals surface area contributed by atoms with Gasteiger partial charge < -0.3 is 5.32 Å². The minimum absolute atomic E-state index is 0.198. The zero-order chi connectivity index (χ0) is 18.8. The number of hydrogen-bond acceptors (Lipinski definition) is 4. The van der Waals surface area contributed by atoms with E-state index in [2.05, 4.69) is 46.7 Å². The molecule has 0 aliphatic carbocycles. The van der Waals surface area contributed by atoms with E-state index in [1.54, 1.807) is 11.3 Å². The fourth-order valence-corrected chi connectivity index (χ4v) is 3.52. The summed E-state index contributed by atoms with van der Waals surface area (Å²) in [5, 5.41) is 5.07. The Labute approximate surface area is 159 Å². The lowest BCUT2D eigenvalue weighted by Crippen LogP contribution is -2.44. The summed E-state index contributed by atoms with van der Waals surface area (Å²) in [4.78, 5) is 28.5. The highest BCUT2D eigenvalue weighted by molar-refractivity contribution is 7.11. The van der Waals surface area contributed by atoms with E-state index in [0.29, 0.717) is 13.1 Å². The fraction of sp³-hybridized carbons (Fsp3) is 0.400. The van der Waals surface area contributed by atoms with Crippen LogP contribution >= 0.6 is 11.3 Å². The summed E-state index contributed by atoms with van der Waals surface area (Å²) in [6.07, 6.45) is 1.70. The third-order valence-corrected chi connectivity index (χ3v) is 4.88. The summed E-state index contributed by atoms with van der Waals surface area (Å²) in [5.41, 5.74) is 1.24. The average Bonchev–Trinajstić information content (AvgIpc) is 3.03. The Morgan fingerprint density at radius 1 is 1.12 bits per heavy atom. The molecule has 0 saturated heterocycles. The monoisotopic (exact) mass is 373 g/mol. The van der Waals surface area contributed by atoms with Crippen molar-refractivity contribution in [2.75, 3.05) is 19.6 Å².